The van der Waals surface area contributed by atoms with Gasteiger partial charge in [0.2, 0.25) is 0 Å². The Kier molecular flexibility index (Phi) is 2.26. The van der Waals surface area contributed by atoms with Gasteiger partial charge in [-0.2, -0.15) is 6.92 Å². The van der Waals surface area contributed by atoms with E-state index in [1.807, 2.05) is 0 Å². The van der Waals surface area contributed by atoms with Crippen molar-refractivity contribution in [2.24, 2.45) is 5.41 Å². The van der Waals surface area contributed by atoms with Gasteiger partial charge in [0.15, 0.2) is 0 Å². The fraction of sp³-hybridized carbons (Fsp3) is 0.625. The molecule has 0 aromatic carbocycles. The lowest BCUT2D eigenvalue weighted by molar-refractivity contribution is 0.533. The normalized spacial score (nSPS) is 11.5. The van der Waals surface area contributed by atoms with Crippen LogP contribution in [0.3, 0.4) is 0 Å². The highest BCUT2D eigenvalue weighted by molar-refractivity contribution is 5.08. The predicted molar refractivity (Wildman–Crippen MR) is 38.6 cm³/mol. The van der Waals surface area contributed by atoms with E-state index >= 15 is 0 Å². The molecule has 0 aliphatic carbocycles. The molecule has 0 nitrogen and oxygen atoms in total. The summed E-state index contributed by atoms with van der Waals surface area (Å²) in [6.45, 7) is 12.3. The lowest BCUT2D eigenvalue weighted by Crippen LogP contribution is -2.10. The van der Waals surface area contributed by atoms with Crippen LogP contribution in [0.1, 0.15) is 27.7 Å². The highest BCUT2D eigenvalue weighted by Crippen LogP contribution is 2.26. The molecule has 0 heterocycles. The van der Waals surface area contributed by atoms with Crippen LogP contribution in [0, 0.1) is 11.8 Å². The van der Waals surface area contributed by atoms with Gasteiger partial charge in [-0.15, -0.1) is 17.6 Å². The molecule has 0 aromatic heterocycles. The zero-order valence-corrected chi connectivity index (χ0v) is 6.28. The summed E-state index contributed by atoms with van der Waals surface area (Å²) in [5.74, 6) is 0. The lowest BCUT2D eigenvalue weighted by atomic mass is 9.84. The number of hydrogen-bond donors (Lipinski definition) is 0. The minimum atomic E-state index is 0.222. The van der Waals surface area contributed by atoms with Crippen molar-refractivity contribution in [3.63, 3.8) is 0 Å². The first-order valence-electron chi connectivity index (χ1n) is 2.97. The first-order valence-corrected chi connectivity index (χ1v) is 2.97. The molecule has 0 aliphatic heterocycles. The van der Waals surface area contributed by atoms with Crippen molar-refractivity contribution in [2.45, 2.75) is 27.7 Å². The van der Waals surface area contributed by atoms with Gasteiger partial charge in [0.05, 0.1) is 0 Å². The summed E-state index contributed by atoms with van der Waals surface area (Å²) in [5.41, 5.74) is 1.44. The van der Waals surface area contributed by atoms with E-state index in [0.717, 1.165) is 0 Å². The van der Waals surface area contributed by atoms with Crippen LogP contribution in [0.15, 0.2) is 12.2 Å². The highest BCUT2D eigenvalue weighted by atomic mass is 14.2. The van der Waals surface area contributed by atoms with Crippen LogP contribution in [0.25, 0.3) is 0 Å². The molecule has 0 N–H and O–H groups in total. The molecule has 0 bridgehead atoms. The average Bonchev–Trinajstić information content (AvgIpc) is 1.67. The van der Waals surface area contributed by atoms with Crippen LogP contribution < -0.4 is 0 Å². The third kappa shape index (κ3) is 1.69. The molecule has 0 heteroatoms. The van der Waals surface area contributed by atoms with Crippen molar-refractivity contribution in [1.82, 2.24) is 0 Å². The van der Waals surface area contributed by atoms with Crippen LogP contribution in [-0.4, -0.2) is 0 Å². The van der Waals surface area contributed by atoms with Gasteiger partial charge in [0, 0.05) is 0 Å². The minimum Gasteiger partial charge on any atom is -0.322 e. The van der Waals surface area contributed by atoms with Crippen LogP contribution in [0.4, 0.5) is 0 Å². The second-order valence-electron chi connectivity index (χ2n) is 2.79. The van der Waals surface area contributed by atoms with Gasteiger partial charge in [-0.3, -0.25) is 0 Å². The lowest BCUT2D eigenvalue weighted by Gasteiger charge is -2.32. The summed E-state index contributed by atoms with van der Waals surface area (Å²) in [5, 5.41) is 0. The maximum Gasteiger partial charge on any atom is -0.0463 e. The van der Waals surface area contributed by atoms with Gasteiger partial charge in [0.1, 0.15) is 0 Å². The molecule has 0 saturated carbocycles. The summed E-state index contributed by atoms with van der Waals surface area (Å²) < 4.78 is 0. The Bertz CT molecular complexity index is 88.2. The Hall–Kier alpha value is -0.260. The number of hydrogen-bond acceptors (Lipinski definition) is 0. The molecule has 0 aliphatic rings. The van der Waals surface area contributed by atoms with E-state index in [4.69, 9.17) is 0 Å². The second kappa shape index (κ2) is 2.34. The van der Waals surface area contributed by atoms with E-state index < -0.39 is 0 Å². The Morgan fingerprint density at radius 2 is 1.88 bits per heavy atom. The molecule has 0 spiro atoms. The molecule has 48 valence electrons. The quantitative estimate of drug-likeness (QED) is 0.379. The monoisotopic (exact) mass is 111 g/mol. The third-order valence-electron chi connectivity index (χ3n) is 1.82. The van der Waals surface area contributed by atoms with E-state index in [2.05, 4.69) is 40.7 Å². The van der Waals surface area contributed by atoms with Gasteiger partial charge >= 0.3 is 0 Å². The minimum absolute atomic E-state index is 0.222. The van der Waals surface area contributed by atoms with Crippen molar-refractivity contribution >= 4 is 0 Å². The Balaban J connectivity index is 3.91. The Morgan fingerprint density at radius 1 is 1.50 bits per heavy atom. The molecular weight excluding hydrogens is 96.1 g/mol. The van der Waals surface area contributed by atoms with E-state index in [-0.39, 0.29) is 5.41 Å². The largest absolute Gasteiger partial charge is 0.322 e. The SMILES string of the molecule is C=C(C)C(C)(C)[CH-]C. The van der Waals surface area contributed by atoms with Gasteiger partial charge in [0.25, 0.3) is 0 Å². The molecule has 0 aromatic rings. The van der Waals surface area contributed by atoms with E-state index in [1.54, 1.807) is 0 Å². The van der Waals surface area contributed by atoms with Crippen molar-refractivity contribution < 1.29 is 0 Å². The average molecular weight is 111 g/mol. The molecule has 0 amide bonds. The summed E-state index contributed by atoms with van der Waals surface area (Å²) in [6.07, 6.45) is 2.16. The molecule has 8 heavy (non-hydrogen) atoms. The standard InChI is InChI=1S/C8H15/c1-6-8(4,5)7(2)3/h6H,2H2,1,3-5H3/q-1. The van der Waals surface area contributed by atoms with Crippen LogP contribution in [0.2, 0.25) is 0 Å². The maximum atomic E-state index is 3.87. The summed E-state index contributed by atoms with van der Waals surface area (Å²) >= 11 is 0. The predicted octanol–water partition coefficient (Wildman–Crippen LogP) is 2.81. The molecule has 0 unspecified atom stereocenters. The Morgan fingerprint density at radius 3 is 1.88 bits per heavy atom. The zero-order chi connectivity index (χ0) is 6.78. The van der Waals surface area contributed by atoms with Crippen molar-refractivity contribution in [3.8, 4) is 0 Å². The third-order valence-corrected chi connectivity index (χ3v) is 1.82. The molecule has 0 rings (SSSR count). The summed E-state index contributed by atoms with van der Waals surface area (Å²) in [7, 11) is 0. The topological polar surface area (TPSA) is 0 Å². The van der Waals surface area contributed by atoms with Gasteiger partial charge in [-0.05, 0) is 6.92 Å². The van der Waals surface area contributed by atoms with E-state index in [1.165, 1.54) is 5.57 Å². The molecule has 0 atom stereocenters. The first-order chi connectivity index (χ1) is 3.50. The van der Waals surface area contributed by atoms with Gasteiger partial charge < -0.3 is 6.42 Å². The second-order valence-corrected chi connectivity index (χ2v) is 2.79. The van der Waals surface area contributed by atoms with Crippen molar-refractivity contribution in [3.05, 3.63) is 18.6 Å². The highest BCUT2D eigenvalue weighted by Gasteiger charge is 2.04. The van der Waals surface area contributed by atoms with Crippen LogP contribution in [-0.2, 0) is 0 Å². The molecule has 0 fully saturated rings. The van der Waals surface area contributed by atoms with E-state index in [0.29, 0.717) is 0 Å². The van der Waals surface area contributed by atoms with Crippen molar-refractivity contribution in [2.75, 3.05) is 0 Å². The van der Waals surface area contributed by atoms with Gasteiger partial charge in [-0.25, -0.2) is 0 Å². The van der Waals surface area contributed by atoms with Crippen LogP contribution >= 0.6 is 0 Å². The molecule has 0 saturated heterocycles. The molecular formula is C8H15-. The number of allylic oxidation sites excluding steroid dienone is 1. The fourth-order valence-corrected chi connectivity index (χ4v) is 0.246. The van der Waals surface area contributed by atoms with Gasteiger partial charge in [-0.1, -0.05) is 13.8 Å². The van der Waals surface area contributed by atoms with Crippen molar-refractivity contribution in [1.29, 1.82) is 0 Å². The fourth-order valence-electron chi connectivity index (χ4n) is 0.246. The molecule has 0 radical (unpaired) electrons. The Labute approximate surface area is 52.6 Å². The smallest absolute Gasteiger partial charge is 0.0463 e. The first kappa shape index (κ1) is 7.74. The van der Waals surface area contributed by atoms with Crippen LogP contribution in [0.5, 0.6) is 0 Å². The van der Waals surface area contributed by atoms with E-state index in [9.17, 15) is 0 Å². The maximum absolute atomic E-state index is 3.87. The number of rotatable bonds is 2. The summed E-state index contributed by atoms with van der Waals surface area (Å²) in [6, 6.07) is 0. The summed E-state index contributed by atoms with van der Waals surface area (Å²) in [4.78, 5) is 0. The zero-order valence-electron chi connectivity index (χ0n) is 6.28.